The Morgan fingerprint density at radius 1 is 1.00 bits per heavy atom. The molecule has 4 rings (SSSR count). The molecule has 2 aromatic carbocycles. The largest absolute Gasteiger partial charge is 0.490 e. The van der Waals surface area contributed by atoms with Crippen molar-refractivity contribution in [3.8, 4) is 11.5 Å². The predicted molar refractivity (Wildman–Crippen MR) is 99.2 cm³/mol. The highest BCUT2D eigenvalue weighted by atomic mass is 79.9. The molecule has 2 aliphatic heterocycles. The van der Waals surface area contributed by atoms with Crippen LogP contribution in [0.5, 0.6) is 11.5 Å². The summed E-state index contributed by atoms with van der Waals surface area (Å²) in [6.45, 7) is 2.14. The number of hydrogen-bond donors (Lipinski definition) is 0. The maximum absolute atomic E-state index is 12.9. The number of hydrogen-bond acceptors (Lipinski definition) is 3. The van der Waals surface area contributed by atoms with Crippen LogP contribution >= 0.6 is 15.9 Å². The predicted octanol–water partition coefficient (Wildman–Crippen LogP) is 4.59. The van der Waals surface area contributed by atoms with Gasteiger partial charge in [0.1, 0.15) is 0 Å². The third-order valence-electron chi connectivity index (χ3n) is 4.76. The Balaban J connectivity index is 1.60. The molecule has 2 heterocycles. The van der Waals surface area contributed by atoms with Crippen molar-refractivity contribution in [2.45, 2.75) is 25.3 Å². The summed E-state index contributed by atoms with van der Waals surface area (Å²) in [7, 11) is 0. The highest BCUT2D eigenvalue weighted by Gasteiger charge is 2.31. The van der Waals surface area contributed by atoms with Crippen molar-refractivity contribution in [1.29, 1.82) is 0 Å². The molecule has 0 N–H and O–H groups in total. The van der Waals surface area contributed by atoms with Crippen molar-refractivity contribution < 1.29 is 14.3 Å². The van der Waals surface area contributed by atoms with Gasteiger partial charge in [-0.1, -0.05) is 22.0 Å². The maximum Gasteiger partial charge on any atom is 0.254 e. The van der Waals surface area contributed by atoms with E-state index in [4.69, 9.17) is 9.47 Å². The van der Waals surface area contributed by atoms with Gasteiger partial charge in [-0.2, -0.15) is 0 Å². The molecule has 0 bridgehead atoms. The third-order valence-corrected chi connectivity index (χ3v) is 5.29. The first kappa shape index (κ1) is 16.5. The van der Waals surface area contributed by atoms with Crippen molar-refractivity contribution >= 4 is 21.8 Å². The second kappa shape index (κ2) is 7.08. The molecule has 0 spiro atoms. The number of nitrogens with zero attached hydrogens (tertiary/aromatic N) is 1. The number of amides is 1. The Kier molecular flexibility index (Phi) is 4.66. The Hall–Kier alpha value is -2.01. The van der Waals surface area contributed by atoms with Crippen LogP contribution in [0.3, 0.4) is 0 Å². The first-order chi connectivity index (χ1) is 12.2. The molecule has 4 nitrogen and oxygen atoms in total. The normalized spacial score (nSPS) is 19.6. The first-order valence-corrected chi connectivity index (χ1v) is 9.48. The Morgan fingerprint density at radius 2 is 1.76 bits per heavy atom. The minimum Gasteiger partial charge on any atom is -0.490 e. The Morgan fingerprint density at radius 3 is 2.56 bits per heavy atom. The van der Waals surface area contributed by atoms with Gasteiger partial charge in [0.25, 0.3) is 5.91 Å². The summed E-state index contributed by atoms with van der Waals surface area (Å²) in [5.41, 5.74) is 1.84. The minimum atomic E-state index is 0.0853. The van der Waals surface area contributed by atoms with Gasteiger partial charge in [-0.15, -0.1) is 0 Å². The van der Waals surface area contributed by atoms with E-state index in [1.165, 1.54) is 0 Å². The van der Waals surface area contributed by atoms with Gasteiger partial charge in [0.05, 0.1) is 19.3 Å². The highest BCUT2D eigenvalue weighted by Crippen LogP contribution is 2.38. The lowest BCUT2D eigenvalue weighted by atomic mass is 10.0. The second-order valence-corrected chi connectivity index (χ2v) is 7.34. The summed E-state index contributed by atoms with van der Waals surface area (Å²) >= 11 is 3.42. The quantitative estimate of drug-likeness (QED) is 0.738. The number of carbonyl (C=O) groups is 1. The van der Waals surface area contributed by atoms with Gasteiger partial charge >= 0.3 is 0 Å². The van der Waals surface area contributed by atoms with Crippen molar-refractivity contribution in [2.75, 3.05) is 19.8 Å². The average molecular weight is 402 g/mol. The van der Waals surface area contributed by atoms with Crippen molar-refractivity contribution in [3.05, 3.63) is 58.1 Å². The molecule has 1 fully saturated rings. The topological polar surface area (TPSA) is 38.8 Å². The molecule has 0 unspecified atom stereocenters. The van der Waals surface area contributed by atoms with E-state index in [0.29, 0.717) is 13.2 Å². The lowest BCUT2D eigenvalue weighted by Gasteiger charge is -2.26. The third kappa shape index (κ3) is 3.38. The summed E-state index contributed by atoms with van der Waals surface area (Å²) in [5, 5.41) is 0. The van der Waals surface area contributed by atoms with E-state index in [-0.39, 0.29) is 11.9 Å². The van der Waals surface area contributed by atoms with Crippen LogP contribution in [0.4, 0.5) is 0 Å². The molecule has 1 saturated heterocycles. The molecule has 1 amide bonds. The zero-order valence-corrected chi connectivity index (χ0v) is 15.5. The molecule has 25 heavy (non-hydrogen) atoms. The lowest BCUT2D eigenvalue weighted by molar-refractivity contribution is 0.0735. The van der Waals surface area contributed by atoms with Crippen LogP contribution in [-0.2, 0) is 0 Å². The molecule has 0 radical (unpaired) electrons. The molecule has 2 aromatic rings. The van der Waals surface area contributed by atoms with E-state index >= 15 is 0 Å². The van der Waals surface area contributed by atoms with Gasteiger partial charge in [0.15, 0.2) is 11.5 Å². The zero-order valence-electron chi connectivity index (χ0n) is 13.9. The van der Waals surface area contributed by atoms with Crippen LogP contribution in [0, 0.1) is 0 Å². The smallest absolute Gasteiger partial charge is 0.254 e. The van der Waals surface area contributed by atoms with Crippen LogP contribution in [0.1, 0.15) is 41.2 Å². The van der Waals surface area contributed by atoms with Gasteiger partial charge in [0.2, 0.25) is 0 Å². The summed E-state index contributed by atoms with van der Waals surface area (Å²) in [4.78, 5) is 14.9. The standard InChI is InChI=1S/C20H20BrNO3/c21-16-7-4-14(5-8-16)20(23)22-10-1-3-17(22)15-6-9-18-19(13-15)25-12-2-11-24-18/h4-9,13,17H,1-3,10-12H2/t17-/m1/s1. The molecule has 1 atom stereocenters. The number of ether oxygens (including phenoxy) is 2. The summed E-state index contributed by atoms with van der Waals surface area (Å²) in [6, 6.07) is 13.7. The highest BCUT2D eigenvalue weighted by molar-refractivity contribution is 9.10. The SMILES string of the molecule is O=C(c1ccc(Br)cc1)N1CCC[C@@H]1c1ccc2c(c1)OCCCO2. The molecule has 0 aromatic heterocycles. The first-order valence-electron chi connectivity index (χ1n) is 8.68. The number of halogens is 1. The zero-order chi connectivity index (χ0) is 17.2. The number of fused-ring (bicyclic) bond motifs is 1. The number of carbonyl (C=O) groups excluding carboxylic acids is 1. The number of likely N-dealkylation sites (tertiary alicyclic amines) is 1. The fourth-order valence-corrected chi connectivity index (χ4v) is 3.77. The van der Waals surface area contributed by atoms with E-state index in [0.717, 1.165) is 52.9 Å². The van der Waals surface area contributed by atoms with E-state index in [1.807, 2.05) is 41.3 Å². The lowest BCUT2D eigenvalue weighted by Crippen LogP contribution is -2.30. The van der Waals surface area contributed by atoms with Crippen LogP contribution in [0.25, 0.3) is 0 Å². The van der Waals surface area contributed by atoms with E-state index in [9.17, 15) is 4.79 Å². The molecule has 0 saturated carbocycles. The summed E-state index contributed by atoms with van der Waals surface area (Å²) in [6.07, 6.45) is 2.88. The summed E-state index contributed by atoms with van der Waals surface area (Å²) < 4.78 is 12.5. The monoisotopic (exact) mass is 401 g/mol. The molecule has 5 heteroatoms. The van der Waals surface area contributed by atoms with Crippen LogP contribution in [0.2, 0.25) is 0 Å². The van der Waals surface area contributed by atoms with Crippen molar-refractivity contribution in [3.63, 3.8) is 0 Å². The maximum atomic E-state index is 12.9. The molecule has 130 valence electrons. The summed E-state index contributed by atoms with van der Waals surface area (Å²) in [5.74, 6) is 1.67. The Labute approximate surface area is 155 Å². The van der Waals surface area contributed by atoms with E-state index < -0.39 is 0 Å². The van der Waals surface area contributed by atoms with Gasteiger partial charge in [0, 0.05) is 23.0 Å². The minimum absolute atomic E-state index is 0.0853. The van der Waals surface area contributed by atoms with Crippen molar-refractivity contribution in [2.24, 2.45) is 0 Å². The van der Waals surface area contributed by atoms with Crippen LogP contribution in [0.15, 0.2) is 46.9 Å². The van der Waals surface area contributed by atoms with Gasteiger partial charge < -0.3 is 14.4 Å². The van der Waals surface area contributed by atoms with Gasteiger partial charge in [-0.3, -0.25) is 4.79 Å². The van der Waals surface area contributed by atoms with E-state index in [1.54, 1.807) is 0 Å². The molecular weight excluding hydrogens is 382 g/mol. The van der Waals surface area contributed by atoms with Gasteiger partial charge in [-0.05, 0) is 54.8 Å². The fraction of sp³-hybridized carbons (Fsp3) is 0.350. The molecular formula is C20H20BrNO3. The van der Waals surface area contributed by atoms with Crippen molar-refractivity contribution in [1.82, 2.24) is 4.90 Å². The van der Waals surface area contributed by atoms with Crippen LogP contribution < -0.4 is 9.47 Å². The average Bonchev–Trinajstić information content (AvgIpc) is 3.00. The molecule has 2 aliphatic rings. The Bertz CT molecular complexity index is 775. The molecule has 0 aliphatic carbocycles. The second-order valence-electron chi connectivity index (χ2n) is 6.42. The van der Waals surface area contributed by atoms with Crippen LogP contribution in [-0.4, -0.2) is 30.6 Å². The van der Waals surface area contributed by atoms with E-state index in [2.05, 4.69) is 22.0 Å². The van der Waals surface area contributed by atoms with Gasteiger partial charge in [-0.25, -0.2) is 0 Å². The number of rotatable bonds is 2. The number of benzene rings is 2. The fourth-order valence-electron chi connectivity index (χ4n) is 3.50.